The molecule has 2 atom stereocenters. The van der Waals surface area contributed by atoms with Crippen molar-refractivity contribution >= 4 is 46.2 Å². The molecule has 0 unspecified atom stereocenters. The van der Waals surface area contributed by atoms with Crippen molar-refractivity contribution in [2.24, 2.45) is 0 Å². The summed E-state index contributed by atoms with van der Waals surface area (Å²) in [7, 11) is 1.57. The molecule has 0 aliphatic carbocycles. The van der Waals surface area contributed by atoms with E-state index in [1.54, 1.807) is 7.11 Å². The summed E-state index contributed by atoms with van der Waals surface area (Å²) in [4.78, 5) is 20.6. The van der Waals surface area contributed by atoms with Crippen LogP contribution in [0.1, 0.15) is 25.4 Å². The Hall–Kier alpha value is -1.93. The van der Waals surface area contributed by atoms with Crippen molar-refractivity contribution in [2.75, 3.05) is 38.3 Å². The molecule has 1 aromatic rings. The molecule has 0 spiro atoms. The molecule has 3 heterocycles. The van der Waals surface area contributed by atoms with E-state index in [0.717, 1.165) is 0 Å². The zero-order valence-electron chi connectivity index (χ0n) is 15.3. The largest absolute Gasteiger partial charge is 0.420 e. The van der Waals surface area contributed by atoms with Crippen molar-refractivity contribution < 1.29 is 18.7 Å². The summed E-state index contributed by atoms with van der Waals surface area (Å²) in [5.41, 5.74) is 0.192. The van der Waals surface area contributed by atoms with Crippen molar-refractivity contribution in [3.05, 3.63) is 16.5 Å². The summed E-state index contributed by atoms with van der Waals surface area (Å²) in [6, 6.07) is 2.06. The number of hydrogen-bond donors (Lipinski definition) is 0. The lowest BCUT2D eigenvalue weighted by Gasteiger charge is -2.34. The molecule has 0 saturated carbocycles. The average Bonchev–Trinajstić information content (AvgIpc) is 3.14. The lowest BCUT2D eigenvalue weighted by atomic mass is 10.2. The van der Waals surface area contributed by atoms with Crippen LogP contribution in [-0.2, 0) is 14.3 Å². The third-order valence-corrected chi connectivity index (χ3v) is 5.46. The molecule has 10 heteroatoms. The molecule has 3 rings (SSSR count). The number of nitriles is 1. The Morgan fingerprint density at radius 1 is 1.44 bits per heavy atom. The molecule has 2 fully saturated rings. The van der Waals surface area contributed by atoms with Gasteiger partial charge < -0.3 is 18.8 Å². The highest BCUT2D eigenvalue weighted by Crippen LogP contribution is 2.33. The first kappa shape index (κ1) is 19.8. The number of nitrogens with zero attached hydrogens (tertiary/aromatic N) is 4. The van der Waals surface area contributed by atoms with Gasteiger partial charge in [0.2, 0.25) is 17.5 Å². The highest BCUT2D eigenvalue weighted by atomic mass is 32.2. The molecule has 1 amide bonds. The van der Waals surface area contributed by atoms with Crippen LogP contribution in [0.3, 0.4) is 0 Å². The van der Waals surface area contributed by atoms with Gasteiger partial charge in [0, 0.05) is 26.3 Å². The van der Waals surface area contributed by atoms with Gasteiger partial charge in [0.15, 0.2) is 0 Å². The molecule has 2 saturated heterocycles. The molecule has 0 aromatic carbocycles. The highest BCUT2D eigenvalue weighted by Gasteiger charge is 2.33. The van der Waals surface area contributed by atoms with Crippen LogP contribution in [0.15, 0.2) is 9.32 Å². The molecule has 8 nitrogen and oxygen atoms in total. The van der Waals surface area contributed by atoms with Gasteiger partial charge in [-0.25, -0.2) is 0 Å². The minimum Gasteiger partial charge on any atom is -0.420 e. The van der Waals surface area contributed by atoms with E-state index in [1.165, 1.54) is 22.7 Å². The van der Waals surface area contributed by atoms with E-state index in [4.69, 9.17) is 26.1 Å². The summed E-state index contributed by atoms with van der Waals surface area (Å²) in [6.45, 7) is 5.94. The normalized spacial score (nSPS) is 24.7. The van der Waals surface area contributed by atoms with Crippen molar-refractivity contribution in [3.63, 3.8) is 0 Å². The lowest BCUT2D eigenvalue weighted by molar-refractivity contribution is -0.122. The number of thiocarbonyl (C=S) groups is 1. The second-order valence-corrected chi connectivity index (χ2v) is 7.98. The molecule has 27 heavy (non-hydrogen) atoms. The van der Waals surface area contributed by atoms with Crippen LogP contribution in [0.2, 0.25) is 0 Å². The van der Waals surface area contributed by atoms with Gasteiger partial charge in [-0.2, -0.15) is 10.2 Å². The number of anilines is 1. The number of hydrogen-bond acceptors (Lipinski definition) is 9. The van der Waals surface area contributed by atoms with E-state index in [0.29, 0.717) is 41.4 Å². The third kappa shape index (κ3) is 4.32. The third-order valence-electron chi connectivity index (χ3n) is 4.09. The Balaban J connectivity index is 1.83. The van der Waals surface area contributed by atoms with Gasteiger partial charge in [0.1, 0.15) is 10.4 Å². The Bertz CT molecular complexity index is 806. The smallest absolute Gasteiger partial charge is 0.266 e. The SMILES string of the molecule is COCCN1C(=O)/C(=C\c2nc(C#N)c(N3C[C@@H](C)O[C@@H](C)C3)o2)SC1=S. The van der Waals surface area contributed by atoms with Crippen LogP contribution in [0.4, 0.5) is 5.88 Å². The minimum absolute atomic E-state index is 0.0193. The zero-order chi connectivity index (χ0) is 19.6. The zero-order valence-corrected chi connectivity index (χ0v) is 16.9. The Morgan fingerprint density at radius 2 is 2.15 bits per heavy atom. The second-order valence-electron chi connectivity index (χ2n) is 6.31. The van der Waals surface area contributed by atoms with Gasteiger partial charge >= 0.3 is 0 Å². The number of ether oxygens (including phenoxy) is 2. The Labute approximate surface area is 167 Å². The van der Waals surface area contributed by atoms with Crippen LogP contribution in [0, 0.1) is 11.3 Å². The Kier molecular flexibility index (Phi) is 6.16. The van der Waals surface area contributed by atoms with Crippen molar-refractivity contribution in [1.82, 2.24) is 9.88 Å². The summed E-state index contributed by atoms with van der Waals surface area (Å²) in [5.74, 6) is 0.398. The maximum Gasteiger partial charge on any atom is 0.266 e. The molecule has 1 aromatic heterocycles. The van der Waals surface area contributed by atoms with E-state index in [2.05, 4.69) is 11.1 Å². The van der Waals surface area contributed by atoms with Crippen molar-refractivity contribution in [1.29, 1.82) is 5.26 Å². The summed E-state index contributed by atoms with van der Waals surface area (Å²) in [6.07, 6.45) is 1.57. The van der Waals surface area contributed by atoms with Crippen LogP contribution >= 0.6 is 24.0 Å². The van der Waals surface area contributed by atoms with Crippen molar-refractivity contribution in [2.45, 2.75) is 26.1 Å². The van der Waals surface area contributed by atoms with E-state index in [-0.39, 0.29) is 29.7 Å². The molecule has 2 aliphatic rings. The van der Waals surface area contributed by atoms with Gasteiger partial charge in [-0.15, -0.1) is 0 Å². The number of carbonyl (C=O) groups excluding carboxylic acids is 1. The average molecular weight is 409 g/mol. The predicted molar refractivity (Wildman–Crippen MR) is 105 cm³/mol. The molecular weight excluding hydrogens is 388 g/mol. The number of oxazole rings is 1. The van der Waals surface area contributed by atoms with Crippen LogP contribution in [0.25, 0.3) is 6.08 Å². The minimum atomic E-state index is -0.214. The second kappa shape index (κ2) is 8.39. The standard InChI is InChI=1S/C17H20N4O4S2/c1-10-8-20(9-11(2)24-10)16-12(7-18)19-14(25-16)6-13-15(22)21(4-5-23-3)17(26)27-13/h6,10-11H,4-5,8-9H2,1-3H3/b13-6+/t10-,11+. The molecule has 2 aliphatic heterocycles. The van der Waals surface area contributed by atoms with Gasteiger partial charge in [-0.3, -0.25) is 9.69 Å². The molecule has 144 valence electrons. The number of thioether (sulfide) groups is 1. The molecule has 0 N–H and O–H groups in total. The summed E-state index contributed by atoms with van der Waals surface area (Å²) < 4.78 is 17.0. The maximum atomic E-state index is 12.5. The predicted octanol–water partition coefficient (Wildman–Crippen LogP) is 2.01. The topological polar surface area (TPSA) is 91.8 Å². The number of carbonyl (C=O) groups is 1. The number of morpholine rings is 1. The molecule has 0 radical (unpaired) electrons. The van der Waals surface area contributed by atoms with E-state index >= 15 is 0 Å². The monoisotopic (exact) mass is 408 g/mol. The number of aromatic nitrogens is 1. The van der Waals surface area contributed by atoms with Gasteiger partial charge in [-0.05, 0) is 13.8 Å². The van der Waals surface area contributed by atoms with E-state index < -0.39 is 0 Å². The van der Waals surface area contributed by atoms with Crippen LogP contribution < -0.4 is 4.90 Å². The van der Waals surface area contributed by atoms with Crippen LogP contribution in [0.5, 0.6) is 0 Å². The summed E-state index contributed by atoms with van der Waals surface area (Å²) in [5, 5.41) is 9.42. The van der Waals surface area contributed by atoms with Crippen LogP contribution in [-0.4, -0.2) is 65.7 Å². The summed E-state index contributed by atoms with van der Waals surface area (Å²) >= 11 is 6.44. The lowest BCUT2D eigenvalue weighted by Crippen LogP contribution is -2.45. The first-order valence-electron chi connectivity index (χ1n) is 8.48. The first-order valence-corrected chi connectivity index (χ1v) is 9.71. The first-order chi connectivity index (χ1) is 12.9. The van der Waals surface area contributed by atoms with E-state index in [9.17, 15) is 10.1 Å². The van der Waals surface area contributed by atoms with Gasteiger partial charge in [0.05, 0.1) is 30.3 Å². The Morgan fingerprint density at radius 3 is 2.78 bits per heavy atom. The van der Waals surface area contributed by atoms with Gasteiger partial charge in [0.25, 0.3) is 5.91 Å². The quantitative estimate of drug-likeness (QED) is 0.536. The fraction of sp³-hybridized carbons (Fsp3) is 0.529. The van der Waals surface area contributed by atoms with E-state index in [1.807, 2.05) is 18.7 Å². The molecule has 0 bridgehead atoms. The number of amides is 1. The number of rotatable bonds is 5. The number of methoxy groups -OCH3 is 1. The fourth-order valence-electron chi connectivity index (χ4n) is 3.01. The van der Waals surface area contributed by atoms with Crippen molar-refractivity contribution in [3.8, 4) is 6.07 Å². The molecular formula is C17H20N4O4S2. The maximum absolute atomic E-state index is 12.5. The highest BCUT2D eigenvalue weighted by molar-refractivity contribution is 8.26. The fourth-order valence-corrected chi connectivity index (χ4v) is 4.28. The van der Waals surface area contributed by atoms with Gasteiger partial charge in [-0.1, -0.05) is 24.0 Å².